The van der Waals surface area contributed by atoms with E-state index in [2.05, 4.69) is 13.8 Å². The van der Waals surface area contributed by atoms with Gasteiger partial charge in [-0.1, -0.05) is 13.8 Å². The number of benzene rings is 1. The number of aromatic nitrogens is 3. The normalized spacial score (nSPS) is 23.1. The van der Waals surface area contributed by atoms with Gasteiger partial charge in [0.1, 0.15) is 11.5 Å². The number of halogens is 1. The summed E-state index contributed by atoms with van der Waals surface area (Å²) in [5.74, 6) is -0.434. The molecular formula is C29H36FN5O3. The molecule has 1 saturated heterocycles. The minimum absolute atomic E-state index is 0.0544. The molecule has 2 amide bonds. The molecule has 2 aromatic heterocycles. The van der Waals surface area contributed by atoms with E-state index in [0.29, 0.717) is 55.1 Å². The van der Waals surface area contributed by atoms with E-state index in [1.165, 1.54) is 6.07 Å². The SMILES string of the molecule is Cc1cc(-c2cc(C(C)C)c3nc(C(=O)N4CCN(C(=O)C5CC(C)(O)C5)CC4(C)C)cn3n2)ccc1F. The number of aryl methyl sites for hydroxylation is 1. The largest absolute Gasteiger partial charge is 0.390 e. The van der Waals surface area contributed by atoms with Crippen LogP contribution in [0.5, 0.6) is 0 Å². The van der Waals surface area contributed by atoms with Crippen molar-refractivity contribution < 1.29 is 19.1 Å². The van der Waals surface area contributed by atoms with E-state index >= 15 is 0 Å². The van der Waals surface area contributed by atoms with Gasteiger partial charge in [0.25, 0.3) is 5.91 Å². The summed E-state index contributed by atoms with van der Waals surface area (Å²) in [6, 6.07) is 6.87. The van der Waals surface area contributed by atoms with Gasteiger partial charge in [-0.15, -0.1) is 0 Å². The van der Waals surface area contributed by atoms with Gasteiger partial charge in [0.05, 0.1) is 23.0 Å². The number of carbonyl (C=O) groups is 2. The number of piperazine rings is 1. The molecule has 1 aliphatic carbocycles. The molecule has 2 fully saturated rings. The number of nitrogens with zero attached hydrogens (tertiary/aromatic N) is 5. The number of carbonyl (C=O) groups excluding carboxylic acids is 2. The number of aliphatic hydroxyl groups is 1. The van der Waals surface area contributed by atoms with Crippen LogP contribution in [0.4, 0.5) is 4.39 Å². The zero-order valence-corrected chi connectivity index (χ0v) is 23.0. The summed E-state index contributed by atoms with van der Waals surface area (Å²) in [6.45, 7) is 12.8. The lowest BCUT2D eigenvalue weighted by Gasteiger charge is -2.49. The van der Waals surface area contributed by atoms with Gasteiger partial charge in [0.15, 0.2) is 5.65 Å². The third-order valence-corrected chi connectivity index (χ3v) is 7.93. The van der Waals surface area contributed by atoms with Gasteiger partial charge in [-0.25, -0.2) is 13.9 Å². The number of fused-ring (bicyclic) bond motifs is 1. The maximum absolute atomic E-state index is 13.9. The average molecular weight is 522 g/mol. The van der Waals surface area contributed by atoms with Crippen molar-refractivity contribution in [1.82, 2.24) is 24.4 Å². The Balaban J connectivity index is 1.41. The van der Waals surface area contributed by atoms with Crippen molar-refractivity contribution >= 4 is 17.5 Å². The van der Waals surface area contributed by atoms with Crippen LogP contribution in [0.25, 0.3) is 16.9 Å². The monoisotopic (exact) mass is 521 g/mol. The molecule has 1 N–H and O–H groups in total. The molecule has 0 bridgehead atoms. The van der Waals surface area contributed by atoms with Crippen molar-refractivity contribution in [3.63, 3.8) is 0 Å². The maximum Gasteiger partial charge on any atom is 0.274 e. The zero-order valence-electron chi connectivity index (χ0n) is 23.0. The van der Waals surface area contributed by atoms with Crippen LogP contribution in [0.2, 0.25) is 0 Å². The van der Waals surface area contributed by atoms with Crippen molar-refractivity contribution in [2.24, 2.45) is 5.92 Å². The van der Waals surface area contributed by atoms with Crippen LogP contribution in [-0.2, 0) is 4.79 Å². The highest BCUT2D eigenvalue weighted by Gasteiger charge is 2.46. The summed E-state index contributed by atoms with van der Waals surface area (Å²) in [5.41, 5.74) is 2.55. The fourth-order valence-electron chi connectivity index (χ4n) is 5.77. The predicted molar refractivity (Wildman–Crippen MR) is 142 cm³/mol. The van der Waals surface area contributed by atoms with Crippen LogP contribution in [0, 0.1) is 18.7 Å². The van der Waals surface area contributed by atoms with Crippen LogP contribution < -0.4 is 0 Å². The highest BCUT2D eigenvalue weighted by atomic mass is 19.1. The standard InChI is InChI=1S/C29H36FN5O3/c1-17(2)21-12-23(19-7-8-22(30)18(3)11-19)32-35-15-24(31-25(21)35)27(37)34-10-9-33(16-28(34,4)5)26(36)20-13-29(6,38)14-20/h7-8,11-12,15,17,20,38H,9-10,13-14,16H2,1-6H3. The number of hydrogen-bond donors (Lipinski definition) is 1. The van der Waals surface area contributed by atoms with E-state index in [4.69, 9.17) is 10.1 Å². The molecule has 1 aliphatic heterocycles. The van der Waals surface area contributed by atoms with Gasteiger partial charge in [0, 0.05) is 36.7 Å². The second-order valence-corrected chi connectivity index (χ2v) is 12.1. The Morgan fingerprint density at radius 2 is 1.84 bits per heavy atom. The van der Waals surface area contributed by atoms with Gasteiger partial charge in [-0.2, -0.15) is 5.10 Å². The number of imidazole rings is 1. The lowest BCUT2D eigenvalue weighted by molar-refractivity contribution is -0.153. The second kappa shape index (κ2) is 9.15. The smallest absolute Gasteiger partial charge is 0.274 e. The fourth-order valence-corrected chi connectivity index (χ4v) is 5.77. The Morgan fingerprint density at radius 1 is 1.13 bits per heavy atom. The van der Waals surface area contributed by atoms with Crippen molar-refractivity contribution in [2.45, 2.75) is 71.4 Å². The maximum atomic E-state index is 13.9. The summed E-state index contributed by atoms with van der Waals surface area (Å²) in [4.78, 5) is 35.0. The summed E-state index contributed by atoms with van der Waals surface area (Å²) in [6.07, 6.45) is 2.63. The van der Waals surface area contributed by atoms with Crippen LogP contribution in [0.3, 0.4) is 0 Å². The molecule has 0 atom stereocenters. The molecule has 38 heavy (non-hydrogen) atoms. The molecule has 3 aromatic rings. The first-order valence-electron chi connectivity index (χ1n) is 13.3. The molecule has 9 heteroatoms. The Bertz CT molecular complexity index is 1420. The first-order valence-corrected chi connectivity index (χ1v) is 13.3. The zero-order chi connectivity index (χ0) is 27.6. The fraction of sp³-hybridized carbons (Fsp3) is 0.517. The minimum Gasteiger partial charge on any atom is -0.390 e. The molecule has 2 aliphatic rings. The highest BCUT2D eigenvalue weighted by Crippen LogP contribution is 2.39. The molecular weight excluding hydrogens is 485 g/mol. The van der Waals surface area contributed by atoms with Crippen LogP contribution in [-0.4, -0.2) is 72.1 Å². The van der Waals surface area contributed by atoms with Gasteiger partial charge < -0.3 is 14.9 Å². The molecule has 3 heterocycles. The van der Waals surface area contributed by atoms with E-state index in [9.17, 15) is 19.1 Å². The van der Waals surface area contributed by atoms with Gasteiger partial charge in [-0.3, -0.25) is 9.59 Å². The Morgan fingerprint density at radius 3 is 2.45 bits per heavy atom. The number of amides is 2. The van der Waals surface area contributed by atoms with E-state index in [-0.39, 0.29) is 29.5 Å². The predicted octanol–water partition coefficient (Wildman–Crippen LogP) is 4.19. The first kappa shape index (κ1) is 26.3. The minimum atomic E-state index is -0.755. The van der Waals surface area contributed by atoms with E-state index in [0.717, 1.165) is 11.1 Å². The first-order chi connectivity index (χ1) is 17.8. The second-order valence-electron chi connectivity index (χ2n) is 12.1. The van der Waals surface area contributed by atoms with E-state index in [1.807, 2.05) is 24.8 Å². The average Bonchev–Trinajstić information content (AvgIpc) is 3.26. The topological polar surface area (TPSA) is 91.0 Å². The third-order valence-electron chi connectivity index (χ3n) is 7.93. The Kier molecular flexibility index (Phi) is 6.33. The van der Waals surface area contributed by atoms with Crippen LogP contribution >= 0.6 is 0 Å². The lowest BCUT2D eigenvalue weighted by Crippen LogP contribution is -2.63. The summed E-state index contributed by atoms with van der Waals surface area (Å²) < 4.78 is 15.5. The molecule has 0 radical (unpaired) electrons. The van der Waals surface area contributed by atoms with Crippen molar-refractivity contribution in [3.05, 3.63) is 53.1 Å². The van der Waals surface area contributed by atoms with Crippen LogP contribution in [0.1, 0.15) is 75.0 Å². The molecule has 202 valence electrons. The van der Waals surface area contributed by atoms with Crippen molar-refractivity contribution in [3.8, 4) is 11.3 Å². The molecule has 5 rings (SSSR count). The van der Waals surface area contributed by atoms with Gasteiger partial charge in [-0.05, 0) is 76.3 Å². The molecule has 1 aromatic carbocycles. The molecule has 1 saturated carbocycles. The van der Waals surface area contributed by atoms with Gasteiger partial charge in [0.2, 0.25) is 5.91 Å². The van der Waals surface area contributed by atoms with Crippen molar-refractivity contribution in [1.29, 1.82) is 0 Å². The summed E-state index contributed by atoms with van der Waals surface area (Å²) >= 11 is 0. The molecule has 0 spiro atoms. The van der Waals surface area contributed by atoms with Gasteiger partial charge >= 0.3 is 0 Å². The Hall–Kier alpha value is -3.33. The van der Waals surface area contributed by atoms with E-state index in [1.54, 1.807) is 41.6 Å². The number of hydrogen-bond acceptors (Lipinski definition) is 5. The Labute approximate surface area is 222 Å². The molecule has 8 nitrogen and oxygen atoms in total. The summed E-state index contributed by atoms with van der Waals surface area (Å²) in [7, 11) is 0. The number of rotatable bonds is 4. The highest BCUT2D eigenvalue weighted by molar-refractivity contribution is 5.94. The van der Waals surface area contributed by atoms with E-state index < -0.39 is 11.1 Å². The summed E-state index contributed by atoms with van der Waals surface area (Å²) in [5, 5.41) is 14.8. The quantitative estimate of drug-likeness (QED) is 0.556. The molecule has 0 unspecified atom stereocenters. The van der Waals surface area contributed by atoms with Crippen molar-refractivity contribution in [2.75, 3.05) is 19.6 Å². The lowest BCUT2D eigenvalue weighted by atomic mass is 9.71. The third kappa shape index (κ3) is 4.68. The van der Waals surface area contributed by atoms with Crippen LogP contribution in [0.15, 0.2) is 30.5 Å².